The van der Waals surface area contributed by atoms with E-state index in [0.717, 1.165) is 28.1 Å². The van der Waals surface area contributed by atoms with Gasteiger partial charge >= 0.3 is 0 Å². The molecule has 2 aromatic heterocycles. The van der Waals surface area contributed by atoms with Gasteiger partial charge in [0, 0.05) is 23.5 Å². The number of aromatic nitrogens is 3. The first-order valence-electron chi connectivity index (χ1n) is 7.97. The van der Waals surface area contributed by atoms with Gasteiger partial charge in [-0.15, -0.1) is 0 Å². The van der Waals surface area contributed by atoms with Gasteiger partial charge in [-0.05, 0) is 25.1 Å². The molecule has 26 heavy (non-hydrogen) atoms. The summed E-state index contributed by atoms with van der Waals surface area (Å²) in [6.45, 7) is 2.03. The van der Waals surface area contributed by atoms with Gasteiger partial charge in [0.25, 0.3) is 0 Å². The first kappa shape index (κ1) is 16.4. The number of benzene rings is 2. The molecular weight excluding hydrogens is 348 g/mol. The van der Waals surface area contributed by atoms with Crippen LogP contribution in [0.3, 0.4) is 0 Å². The van der Waals surface area contributed by atoms with Crippen molar-refractivity contribution in [2.75, 3.05) is 0 Å². The van der Waals surface area contributed by atoms with E-state index in [2.05, 4.69) is 9.97 Å². The van der Waals surface area contributed by atoms with Crippen LogP contribution in [0.2, 0.25) is 0 Å². The molecule has 0 unspecified atom stereocenters. The zero-order valence-electron chi connectivity index (χ0n) is 14.0. The van der Waals surface area contributed by atoms with Gasteiger partial charge in [-0.3, -0.25) is 4.40 Å². The van der Waals surface area contributed by atoms with Crippen LogP contribution in [0.1, 0.15) is 5.56 Å². The molecular formula is C19H16N4O2S. The lowest BCUT2D eigenvalue weighted by atomic mass is 10.0. The fourth-order valence-corrected chi connectivity index (χ4v) is 3.39. The van der Waals surface area contributed by atoms with Gasteiger partial charge in [-0.25, -0.2) is 23.5 Å². The van der Waals surface area contributed by atoms with Crippen molar-refractivity contribution in [3.63, 3.8) is 0 Å². The molecule has 0 saturated carbocycles. The topological polar surface area (TPSA) is 90.3 Å². The maximum atomic E-state index is 11.5. The maximum absolute atomic E-state index is 11.5. The lowest BCUT2D eigenvalue weighted by Gasteiger charge is -2.07. The zero-order chi connectivity index (χ0) is 18.3. The molecule has 6 nitrogen and oxygen atoms in total. The first-order chi connectivity index (χ1) is 12.4. The van der Waals surface area contributed by atoms with Crippen LogP contribution in [0.25, 0.3) is 28.3 Å². The van der Waals surface area contributed by atoms with Crippen molar-refractivity contribution in [1.82, 2.24) is 14.4 Å². The smallest absolute Gasteiger partial charge is 0.238 e. The average molecular weight is 364 g/mol. The summed E-state index contributed by atoms with van der Waals surface area (Å²) in [5.41, 5.74) is 4.58. The number of primary sulfonamides is 1. The number of nitrogens with two attached hydrogens (primary N) is 1. The predicted molar refractivity (Wildman–Crippen MR) is 100.0 cm³/mol. The second kappa shape index (κ2) is 6.05. The van der Waals surface area contributed by atoms with E-state index in [4.69, 9.17) is 5.14 Å². The fraction of sp³-hybridized carbons (Fsp3) is 0.0526. The monoisotopic (exact) mass is 364 g/mol. The summed E-state index contributed by atoms with van der Waals surface area (Å²) in [6.07, 6.45) is 3.57. The second-order valence-corrected chi connectivity index (χ2v) is 7.60. The zero-order valence-corrected chi connectivity index (χ0v) is 14.8. The van der Waals surface area contributed by atoms with Crippen molar-refractivity contribution in [3.8, 4) is 22.5 Å². The van der Waals surface area contributed by atoms with Gasteiger partial charge in [0.1, 0.15) is 0 Å². The Morgan fingerprint density at radius 1 is 0.962 bits per heavy atom. The average Bonchev–Trinajstić information content (AvgIpc) is 3.01. The molecule has 0 aliphatic carbocycles. The largest absolute Gasteiger partial charge is 0.283 e. The summed E-state index contributed by atoms with van der Waals surface area (Å²) in [7, 11) is -3.73. The minimum absolute atomic E-state index is 0.0741. The molecule has 0 atom stereocenters. The summed E-state index contributed by atoms with van der Waals surface area (Å²) < 4.78 is 24.9. The molecule has 7 heteroatoms. The van der Waals surface area contributed by atoms with Gasteiger partial charge in [-0.1, -0.05) is 42.0 Å². The highest BCUT2D eigenvalue weighted by Gasteiger charge is 2.17. The molecule has 0 saturated heterocycles. The Kier molecular flexibility index (Phi) is 3.82. The third-order valence-electron chi connectivity index (χ3n) is 4.18. The van der Waals surface area contributed by atoms with E-state index in [1.165, 1.54) is 12.1 Å². The fourth-order valence-electron chi connectivity index (χ4n) is 2.88. The van der Waals surface area contributed by atoms with Crippen LogP contribution in [0.5, 0.6) is 0 Å². The SMILES string of the molecule is Cc1ccc(-c2nc3ncccn3c2-c2ccc(S(N)(=O)=O)cc2)cc1. The third kappa shape index (κ3) is 2.87. The minimum Gasteiger partial charge on any atom is -0.283 e. The lowest BCUT2D eigenvalue weighted by Crippen LogP contribution is -2.11. The van der Waals surface area contributed by atoms with E-state index in [-0.39, 0.29) is 4.90 Å². The summed E-state index contributed by atoms with van der Waals surface area (Å²) in [5.74, 6) is 0.577. The Morgan fingerprint density at radius 2 is 1.62 bits per heavy atom. The number of rotatable bonds is 3. The van der Waals surface area contributed by atoms with E-state index in [0.29, 0.717) is 5.78 Å². The Bertz CT molecular complexity index is 1190. The van der Waals surface area contributed by atoms with Gasteiger partial charge < -0.3 is 0 Å². The number of sulfonamides is 1. The van der Waals surface area contributed by atoms with E-state index in [9.17, 15) is 8.42 Å². The molecule has 4 aromatic rings. The van der Waals surface area contributed by atoms with Crippen LogP contribution in [-0.2, 0) is 10.0 Å². The highest BCUT2D eigenvalue weighted by atomic mass is 32.2. The molecule has 0 aliphatic heterocycles. The number of hydrogen-bond donors (Lipinski definition) is 1. The van der Waals surface area contributed by atoms with Gasteiger partial charge in [0.2, 0.25) is 15.8 Å². The number of nitrogens with zero attached hydrogens (tertiary/aromatic N) is 3. The van der Waals surface area contributed by atoms with Crippen LogP contribution in [0, 0.1) is 6.92 Å². The maximum Gasteiger partial charge on any atom is 0.238 e. The molecule has 0 bridgehead atoms. The summed E-state index contributed by atoms with van der Waals surface area (Å²) in [5, 5.41) is 5.20. The van der Waals surface area contributed by atoms with Crippen molar-refractivity contribution in [3.05, 3.63) is 72.6 Å². The van der Waals surface area contributed by atoms with Crippen molar-refractivity contribution >= 4 is 15.8 Å². The van der Waals surface area contributed by atoms with Crippen LogP contribution >= 0.6 is 0 Å². The van der Waals surface area contributed by atoms with E-state index in [1.807, 2.05) is 47.9 Å². The van der Waals surface area contributed by atoms with Crippen LogP contribution in [0.4, 0.5) is 0 Å². The number of fused-ring (bicyclic) bond motifs is 1. The van der Waals surface area contributed by atoms with E-state index in [1.54, 1.807) is 18.3 Å². The highest BCUT2D eigenvalue weighted by molar-refractivity contribution is 7.89. The van der Waals surface area contributed by atoms with Crippen LogP contribution in [-0.4, -0.2) is 22.8 Å². The van der Waals surface area contributed by atoms with Crippen molar-refractivity contribution in [2.45, 2.75) is 11.8 Å². The molecule has 2 heterocycles. The number of hydrogen-bond acceptors (Lipinski definition) is 4. The Morgan fingerprint density at radius 3 is 2.27 bits per heavy atom. The van der Waals surface area contributed by atoms with Gasteiger partial charge in [0.05, 0.1) is 16.3 Å². The Balaban J connectivity index is 1.96. The molecule has 2 aromatic carbocycles. The third-order valence-corrected chi connectivity index (χ3v) is 5.11. The van der Waals surface area contributed by atoms with Crippen LogP contribution < -0.4 is 5.14 Å². The molecule has 2 N–H and O–H groups in total. The Labute approximate surface area is 151 Å². The standard InChI is InChI=1S/C19H16N4O2S/c1-13-3-5-14(6-4-13)17-18(23-12-2-11-21-19(23)22-17)15-7-9-16(10-8-15)26(20,24)25/h2-12H,1H3,(H2,20,24,25). The molecule has 0 spiro atoms. The molecule has 4 rings (SSSR count). The highest BCUT2D eigenvalue weighted by Crippen LogP contribution is 2.32. The van der Waals surface area contributed by atoms with Crippen LogP contribution in [0.15, 0.2) is 71.9 Å². The van der Waals surface area contributed by atoms with Gasteiger partial charge in [-0.2, -0.15) is 0 Å². The summed E-state index contributed by atoms with van der Waals surface area (Å²) in [4.78, 5) is 9.07. The molecule has 130 valence electrons. The quantitative estimate of drug-likeness (QED) is 0.605. The molecule has 0 aliphatic rings. The molecule has 0 amide bonds. The minimum atomic E-state index is -3.73. The summed E-state index contributed by atoms with van der Waals surface area (Å²) >= 11 is 0. The number of imidazole rings is 1. The number of aryl methyl sites for hydroxylation is 1. The van der Waals surface area contributed by atoms with Crippen molar-refractivity contribution in [1.29, 1.82) is 0 Å². The molecule has 0 fully saturated rings. The van der Waals surface area contributed by atoms with E-state index < -0.39 is 10.0 Å². The summed E-state index contributed by atoms with van der Waals surface area (Å²) in [6, 6.07) is 16.4. The normalized spacial score (nSPS) is 11.8. The predicted octanol–water partition coefficient (Wildman–Crippen LogP) is 3.02. The van der Waals surface area contributed by atoms with Crippen molar-refractivity contribution < 1.29 is 8.42 Å². The van der Waals surface area contributed by atoms with E-state index >= 15 is 0 Å². The first-order valence-corrected chi connectivity index (χ1v) is 9.51. The van der Waals surface area contributed by atoms with Crippen molar-refractivity contribution in [2.24, 2.45) is 5.14 Å². The van der Waals surface area contributed by atoms with Gasteiger partial charge in [0.15, 0.2) is 0 Å². The molecule has 0 radical (unpaired) electrons. The second-order valence-electron chi connectivity index (χ2n) is 6.03. The Hall–Kier alpha value is -3.03. The lowest BCUT2D eigenvalue weighted by molar-refractivity contribution is 0.598.